The third-order valence-electron chi connectivity index (χ3n) is 1.91. The van der Waals surface area contributed by atoms with E-state index in [9.17, 15) is 9.59 Å². The van der Waals surface area contributed by atoms with Gasteiger partial charge in [0.25, 0.3) is 0 Å². The van der Waals surface area contributed by atoms with Crippen LogP contribution < -0.4 is 0 Å². The molecule has 1 aromatic rings. The van der Waals surface area contributed by atoms with Crippen molar-refractivity contribution in [2.45, 2.75) is 6.92 Å². The van der Waals surface area contributed by atoms with Crippen molar-refractivity contribution in [3.8, 4) is 0 Å². The zero-order valence-corrected chi connectivity index (χ0v) is 8.69. The van der Waals surface area contributed by atoms with Crippen LogP contribution in [0.5, 0.6) is 0 Å². The minimum atomic E-state index is -0.363. The number of carbonyl (C=O) groups excluding carboxylic acids is 2. The number of benzene rings is 1. The largest absolute Gasteiger partial charge is 0.465 e. The Bertz CT molecular complexity index is 388. The Labute approximate surface area is 88.4 Å². The van der Waals surface area contributed by atoms with Crippen molar-refractivity contribution in [3.05, 3.63) is 41.0 Å². The number of carbonyl (C=O) groups is 2. The molecule has 3 heteroatoms. The quantitative estimate of drug-likeness (QED) is 0.430. The highest BCUT2D eigenvalue weighted by Crippen LogP contribution is 2.08. The van der Waals surface area contributed by atoms with Gasteiger partial charge in [-0.05, 0) is 36.3 Å². The van der Waals surface area contributed by atoms with Crippen LogP contribution in [0.3, 0.4) is 0 Å². The number of aldehydes is 1. The Balaban J connectivity index is 2.90. The van der Waals surface area contributed by atoms with Crippen LogP contribution in [-0.2, 0) is 9.53 Å². The average molecular weight is 204 g/mol. The lowest BCUT2D eigenvalue weighted by Gasteiger charge is -1.99. The van der Waals surface area contributed by atoms with E-state index in [-0.39, 0.29) is 5.97 Å². The summed E-state index contributed by atoms with van der Waals surface area (Å²) in [5.41, 5.74) is 2.02. The van der Waals surface area contributed by atoms with Gasteiger partial charge in [0.15, 0.2) is 0 Å². The van der Waals surface area contributed by atoms with E-state index < -0.39 is 0 Å². The minimum absolute atomic E-state index is 0.363. The number of allylic oxidation sites excluding steroid dienone is 1. The molecule has 0 aliphatic heterocycles. The Morgan fingerprint density at radius 1 is 1.27 bits per heavy atom. The van der Waals surface area contributed by atoms with Gasteiger partial charge in [-0.25, -0.2) is 4.79 Å². The van der Waals surface area contributed by atoms with E-state index in [1.54, 1.807) is 37.3 Å². The van der Waals surface area contributed by atoms with Crippen LogP contribution in [0.25, 0.3) is 6.08 Å². The van der Waals surface area contributed by atoms with Crippen molar-refractivity contribution in [1.29, 1.82) is 0 Å². The standard InChI is InChI=1S/C12H12O3/c1-9(8-13)7-10-3-5-11(6-4-10)12(14)15-2/h3-8H,1-2H3/b9-7-. The van der Waals surface area contributed by atoms with Crippen LogP contribution in [0.1, 0.15) is 22.8 Å². The number of esters is 1. The molecule has 0 radical (unpaired) electrons. The second kappa shape index (κ2) is 5.10. The van der Waals surface area contributed by atoms with Gasteiger partial charge in [0, 0.05) is 0 Å². The Kier molecular flexibility index (Phi) is 3.80. The van der Waals surface area contributed by atoms with Gasteiger partial charge in [0.05, 0.1) is 12.7 Å². The van der Waals surface area contributed by atoms with E-state index in [4.69, 9.17) is 0 Å². The third-order valence-corrected chi connectivity index (χ3v) is 1.91. The Hall–Kier alpha value is -1.90. The van der Waals surface area contributed by atoms with E-state index in [1.807, 2.05) is 0 Å². The maximum atomic E-state index is 11.1. The molecule has 0 aliphatic rings. The van der Waals surface area contributed by atoms with Gasteiger partial charge in [-0.1, -0.05) is 12.1 Å². The van der Waals surface area contributed by atoms with E-state index >= 15 is 0 Å². The van der Waals surface area contributed by atoms with Crippen LogP contribution in [0, 0.1) is 0 Å². The van der Waals surface area contributed by atoms with Crippen molar-refractivity contribution in [2.75, 3.05) is 7.11 Å². The minimum Gasteiger partial charge on any atom is -0.465 e. The normalized spacial score (nSPS) is 10.9. The first-order chi connectivity index (χ1) is 7.17. The lowest BCUT2D eigenvalue weighted by atomic mass is 10.1. The first-order valence-electron chi connectivity index (χ1n) is 4.49. The molecule has 0 fully saturated rings. The maximum absolute atomic E-state index is 11.1. The summed E-state index contributed by atoms with van der Waals surface area (Å²) < 4.78 is 4.57. The zero-order valence-electron chi connectivity index (χ0n) is 8.69. The molecule has 0 saturated carbocycles. The Morgan fingerprint density at radius 3 is 2.33 bits per heavy atom. The van der Waals surface area contributed by atoms with Crippen LogP contribution >= 0.6 is 0 Å². The highest BCUT2D eigenvalue weighted by atomic mass is 16.5. The van der Waals surface area contributed by atoms with Crippen molar-refractivity contribution in [2.24, 2.45) is 0 Å². The van der Waals surface area contributed by atoms with Crippen molar-refractivity contribution in [1.82, 2.24) is 0 Å². The molecule has 15 heavy (non-hydrogen) atoms. The van der Waals surface area contributed by atoms with Gasteiger partial charge in [0.1, 0.15) is 6.29 Å². The number of ether oxygens (including phenoxy) is 1. The van der Waals surface area contributed by atoms with Crippen molar-refractivity contribution in [3.63, 3.8) is 0 Å². The van der Waals surface area contributed by atoms with Gasteiger partial charge < -0.3 is 4.74 Å². The molecule has 3 nitrogen and oxygen atoms in total. The van der Waals surface area contributed by atoms with E-state index in [0.29, 0.717) is 11.1 Å². The molecule has 0 N–H and O–H groups in total. The summed E-state index contributed by atoms with van der Waals surface area (Å²) >= 11 is 0. The summed E-state index contributed by atoms with van der Waals surface area (Å²) in [6, 6.07) is 6.85. The predicted octanol–water partition coefficient (Wildman–Crippen LogP) is 2.08. The smallest absolute Gasteiger partial charge is 0.337 e. The van der Waals surface area contributed by atoms with E-state index in [2.05, 4.69) is 4.74 Å². The topological polar surface area (TPSA) is 43.4 Å². The van der Waals surface area contributed by atoms with Gasteiger partial charge in [-0.15, -0.1) is 0 Å². The van der Waals surface area contributed by atoms with Crippen LogP contribution in [0.2, 0.25) is 0 Å². The molecule has 0 spiro atoms. The molecular formula is C12H12O3. The summed E-state index contributed by atoms with van der Waals surface area (Å²) in [5.74, 6) is -0.363. The van der Waals surface area contributed by atoms with Crippen LogP contribution in [-0.4, -0.2) is 19.4 Å². The van der Waals surface area contributed by atoms with Gasteiger partial charge >= 0.3 is 5.97 Å². The number of hydrogen-bond donors (Lipinski definition) is 0. The van der Waals surface area contributed by atoms with Crippen molar-refractivity contribution >= 4 is 18.3 Å². The molecule has 0 aliphatic carbocycles. The average Bonchev–Trinajstić information content (AvgIpc) is 2.29. The fourth-order valence-corrected chi connectivity index (χ4v) is 1.13. The van der Waals surface area contributed by atoms with Crippen LogP contribution in [0.15, 0.2) is 29.8 Å². The molecule has 0 bridgehead atoms. The van der Waals surface area contributed by atoms with Crippen LogP contribution in [0.4, 0.5) is 0 Å². The Morgan fingerprint density at radius 2 is 1.87 bits per heavy atom. The second-order valence-corrected chi connectivity index (χ2v) is 3.12. The van der Waals surface area contributed by atoms with Gasteiger partial charge in [-0.3, -0.25) is 4.79 Å². The molecule has 0 amide bonds. The highest BCUT2D eigenvalue weighted by molar-refractivity contribution is 5.89. The fraction of sp³-hybridized carbons (Fsp3) is 0.167. The molecule has 1 rings (SSSR count). The number of rotatable bonds is 3. The zero-order chi connectivity index (χ0) is 11.3. The van der Waals surface area contributed by atoms with Crippen molar-refractivity contribution < 1.29 is 14.3 Å². The lowest BCUT2D eigenvalue weighted by Crippen LogP contribution is -2.00. The number of methoxy groups -OCH3 is 1. The third kappa shape index (κ3) is 3.06. The van der Waals surface area contributed by atoms with E-state index in [0.717, 1.165) is 11.8 Å². The molecule has 0 heterocycles. The SMILES string of the molecule is COC(=O)c1ccc(/C=C(/C)C=O)cc1. The van der Waals surface area contributed by atoms with Gasteiger partial charge in [-0.2, -0.15) is 0 Å². The summed E-state index contributed by atoms with van der Waals surface area (Å²) in [6.45, 7) is 1.72. The lowest BCUT2D eigenvalue weighted by molar-refractivity contribution is -0.104. The summed E-state index contributed by atoms with van der Waals surface area (Å²) in [5, 5.41) is 0. The monoisotopic (exact) mass is 204 g/mol. The molecule has 0 unspecified atom stereocenters. The van der Waals surface area contributed by atoms with E-state index in [1.165, 1.54) is 7.11 Å². The summed E-state index contributed by atoms with van der Waals surface area (Å²) in [4.78, 5) is 21.5. The predicted molar refractivity (Wildman–Crippen MR) is 57.5 cm³/mol. The fourth-order valence-electron chi connectivity index (χ4n) is 1.13. The molecule has 1 aromatic carbocycles. The highest BCUT2D eigenvalue weighted by Gasteiger charge is 2.03. The summed E-state index contributed by atoms with van der Waals surface area (Å²) in [6.07, 6.45) is 2.53. The molecular weight excluding hydrogens is 192 g/mol. The first-order valence-corrected chi connectivity index (χ1v) is 4.49. The van der Waals surface area contributed by atoms with Gasteiger partial charge in [0.2, 0.25) is 0 Å². The summed E-state index contributed by atoms with van der Waals surface area (Å²) in [7, 11) is 1.34. The first kappa shape index (κ1) is 11.2. The molecule has 0 atom stereocenters. The number of hydrogen-bond acceptors (Lipinski definition) is 3. The molecule has 0 saturated heterocycles. The molecule has 78 valence electrons. The molecule has 0 aromatic heterocycles. The second-order valence-electron chi connectivity index (χ2n) is 3.12. The maximum Gasteiger partial charge on any atom is 0.337 e.